The van der Waals surface area contributed by atoms with E-state index in [-0.39, 0.29) is 12.4 Å². The van der Waals surface area contributed by atoms with E-state index in [2.05, 4.69) is 4.98 Å². The average Bonchev–Trinajstić information content (AvgIpc) is 2.73. The second-order valence-corrected chi connectivity index (χ2v) is 3.95. The first-order valence-electron chi connectivity index (χ1n) is 5.80. The van der Waals surface area contributed by atoms with Crippen molar-refractivity contribution < 1.29 is 9.53 Å². The van der Waals surface area contributed by atoms with Gasteiger partial charge in [0.1, 0.15) is 6.61 Å². The summed E-state index contributed by atoms with van der Waals surface area (Å²) in [4.78, 5) is 15.9. The van der Waals surface area contributed by atoms with E-state index in [9.17, 15) is 4.79 Å². The van der Waals surface area contributed by atoms with Crippen LogP contribution in [-0.4, -0.2) is 28.5 Å². The highest BCUT2D eigenvalue weighted by atomic mass is 16.5. The third-order valence-electron chi connectivity index (χ3n) is 2.49. The van der Waals surface area contributed by atoms with Crippen LogP contribution in [0, 0.1) is 0 Å². The van der Waals surface area contributed by atoms with Crippen molar-refractivity contribution in [2.75, 3.05) is 13.2 Å². The molecular formula is C13H16N2O2. The van der Waals surface area contributed by atoms with Crippen molar-refractivity contribution in [2.45, 2.75) is 19.9 Å². The molecular weight excluding hydrogens is 216 g/mol. The molecule has 0 aliphatic carbocycles. The van der Waals surface area contributed by atoms with Crippen LogP contribution in [0.1, 0.15) is 13.3 Å². The van der Waals surface area contributed by atoms with Gasteiger partial charge < -0.3 is 9.30 Å². The monoisotopic (exact) mass is 232 g/mol. The lowest BCUT2D eigenvalue weighted by Crippen LogP contribution is -2.15. The Hall–Kier alpha value is -1.68. The lowest BCUT2D eigenvalue weighted by atomic mass is 10.3. The third-order valence-corrected chi connectivity index (χ3v) is 2.49. The van der Waals surface area contributed by atoms with Crippen LogP contribution >= 0.6 is 0 Å². The van der Waals surface area contributed by atoms with Gasteiger partial charge in [0.05, 0.1) is 23.9 Å². The second kappa shape index (κ2) is 5.59. The third kappa shape index (κ3) is 2.91. The maximum Gasteiger partial charge on any atom is 0.178 e. The molecule has 0 N–H and O–H groups in total. The van der Waals surface area contributed by atoms with Crippen LogP contribution in [-0.2, 0) is 16.1 Å². The first-order valence-corrected chi connectivity index (χ1v) is 5.80. The summed E-state index contributed by atoms with van der Waals surface area (Å²) in [5.74, 6) is 0.0709. The number of hydrogen-bond acceptors (Lipinski definition) is 3. The normalized spacial score (nSPS) is 10.9. The van der Waals surface area contributed by atoms with Gasteiger partial charge in [-0.05, 0) is 18.6 Å². The molecule has 17 heavy (non-hydrogen) atoms. The Morgan fingerprint density at radius 3 is 3.06 bits per heavy atom. The number of aromatic nitrogens is 2. The minimum absolute atomic E-state index is 0.0709. The molecule has 2 rings (SSSR count). The van der Waals surface area contributed by atoms with Gasteiger partial charge in [-0.25, -0.2) is 4.98 Å². The second-order valence-electron chi connectivity index (χ2n) is 3.95. The van der Waals surface area contributed by atoms with Gasteiger partial charge in [-0.3, -0.25) is 4.79 Å². The summed E-state index contributed by atoms with van der Waals surface area (Å²) in [6.45, 7) is 3.16. The van der Waals surface area contributed by atoms with E-state index in [0.29, 0.717) is 13.2 Å². The number of carbonyl (C=O) groups excluding carboxylic acids is 1. The van der Waals surface area contributed by atoms with Gasteiger partial charge in [0.2, 0.25) is 0 Å². The molecule has 0 bridgehead atoms. The fraction of sp³-hybridized carbons (Fsp3) is 0.385. The number of Topliss-reactive ketones (excluding diaryl/α,β-unsaturated/α-hetero) is 1. The highest BCUT2D eigenvalue weighted by molar-refractivity contribution is 5.82. The lowest BCUT2D eigenvalue weighted by molar-refractivity contribution is -0.124. The van der Waals surface area contributed by atoms with E-state index >= 15 is 0 Å². The van der Waals surface area contributed by atoms with Crippen LogP contribution in [0.15, 0.2) is 30.6 Å². The van der Waals surface area contributed by atoms with Crippen LogP contribution in [0.3, 0.4) is 0 Å². The largest absolute Gasteiger partial charge is 0.374 e. The van der Waals surface area contributed by atoms with Crippen LogP contribution < -0.4 is 0 Å². The van der Waals surface area contributed by atoms with Crippen LogP contribution in [0.5, 0.6) is 0 Å². The number of fused-ring (bicyclic) bond motifs is 1. The number of benzene rings is 1. The van der Waals surface area contributed by atoms with Crippen LogP contribution in [0.2, 0.25) is 0 Å². The minimum atomic E-state index is 0.0709. The average molecular weight is 232 g/mol. The van der Waals surface area contributed by atoms with E-state index in [1.165, 1.54) is 0 Å². The summed E-state index contributed by atoms with van der Waals surface area (Å²) in [6, 6.07) is 7.77. The molecule has 4 heteroatoms. The summed E-state index contributed by atoms with van der Waals surface area (Å²) < 4.78 is 7.08. The minimum Gasteiger partial charge on any atom is -0.374 e. The smallest absolute Gasteiger partial charge is 0.178 e. The number of hydrogen-bond donors (Lipinski definition) is 0. The highest BCUT2D eigenvalue weighted by Crippen LogP contribution is 2.11. The molecule has 0 unspecified atom stereocenters. The first kappa shape index (κ1) is 11.8. The van der Waals surface area contributed by atoms with Crippen molar-refractivity contribution in [1.29, 1.82) is 0 Å². The Balaban J connectivity index is 2.01. The quantitative estimate of drug-likeness (QED) is 0.716. The Bertz CT molecular complexity index is 505. The zero-order chi connectivity index (χ0) is 12.1. The SMILES string of the molecule is CCCOCC(=O)Cn1cnc2ccccc21. The summed E-state index contributed by atoms with van der Waals surface area (Å²) in [5.41, 5.74) is 1.89. The molecule has 1 aromatic heterocycles. The molecule has 0 aliphatic rings. The molecule has 0 spiro atoms. The van der Waals surface area contributed by atoms with Crippen LogP contribution in [0.4, 0.5) is 0 Å². The molecule has 0 saturated heterocycles. The maximum absolute atomic E-state index is 11.7. The van der Waals surface area contributed by atoms with Gasteiger partial charge in [-0.2, -0.15) is 0 Å². The molecule has 1 aromatic carbocycles. The number of imidazole rings is 1. The molecule has 90 valence electrons. The number of para-hydroxylation sites is 2. The van der Waals surface area contributed by atoms with Crippen molar-refractivity contribution in [3.05, 3.63) is 30.6 Å². The fourth-order valence-corrected chi connectivity index (χ4v) is 1.70. The maximum atomic E-state index is 11.7. The van der Waals surface area contributed by atoms with Crippen molar-refractivity contribution >= 4 is 16.8 Å². The van der Waals surface area contributed by atoms with Crippen molar-refractivity contribution in [1.82, 2.24) is 9.55 Å². The predicted octanol–water partition coefficient (Wildman–Crippen LogP) is 2.03. The zero-order valence-corrected chi connectivity index (χ0v) is 9.93. The standard InChI is InChI=1S/C13H16N2O2/c1-2-7-17-9-11(16)8-15-10-14-12-5-3-4-6-13(12)15/h3-6,10H,2,7-9H2,1H3. The van der Waals surface area contributed by atoms with Gasteiger partial charge in [-0.1, -0.05) is 19.1 Å². The zero-order valence-electron chi connectivity index (χ0n) is 9.93. The summed E-state index contributed by atoms with van der Waals surface area (Å²) in [5, 5.41) is 0. The summed E-state index contributed by atoms with van der Waals surface area (Å²) in [6.07, 6.45) is 2.63. The van der Waals surface area contributed by atoms with Gasteiger partial charge in [0.25, 0.3) is 0 Å². The molecule has 0 aliphatic heterocycles. The predicted molar refractivity (Wildman–Crippen MR) is 65.9 cm³/mol. The van der Waals surface area contributed by atoms with E-state index in [1.807, 2.05) is 35.8 Å². The Kier molecular flexibility index (Phi) is 3.88. The Labute approximate surface area is 100 Å². The Morgan fingerprint density at radius 1 is 1.41 bits per heavy atom. The number of carbonyl (C=O) groups is 1. The van der Waals surface area contributed by atoms with E-state index in [4.69, 9.17) is 4.74 Å². The highest BCUT2D eigenvalue weighted by Gasteiger charge is 2.06. The fourth-order valence-electron chi connectivity index (χ4n) is 1.70. The van der Waals surface area contributed by atoms with E-state index < -0.39 is 0 Å². The molecule has 0 saturated carbocycles. The van der Waals surface area contributed by atoms with Crippen molar-refractivity contribution in [2.24, 2.45) is 0 Å². The van der Waals surface area contributed by atoms with Gasteiger partial charge in [-0.15, -0.1) is 0 Å². The van der Waals surface area contributed by atoms with Gasteiger partial charge in [0.15, 0.2) is 5.78 Å². The number of ketones is 1. The molecule has 0 atom stereocenters. The number of ether oxygens (including phenoxy) is 1. The molecule has 0 amide bonds. The van der Waals surface area contributed by atoms with E-state index in [1.54, 1.807) is 6.33 Å². The molecule has 0 fully saturated rings. The molecule has 4 nitrogen and oxygen atoms in total. The molecule has 2 aromatic rings. The van der Waals surface area contributed by atoms with E-state index in [0.717, 1.165) is 17.5 Å². The summed E-state index contributed by atoms with van der Waals surface area (Å²) in [7, 11) is 0. The number of rotatable bonds is 6. The van der Waals surface area contributed by atoms with Crippen molar-refractivity contribution in [3.8, 4) is 0 Å². The first-order chi connectivity index (χ1) is 8.31. The molecule has 1 heterocycles. The topological polar surface area (TPSA) is 44.1 Å². The lowest BCUT2D eigenvalue weighted by Gasteiger charge is -2.04. The van der Waals surface area contributed by atoms with Gasteiger partial charge in [0, 0.05) is 6.61 Å². The van der Waals surface area contributed by atoms with Crippen molar-refractivity contribution in [3.63, 3.8) is 0 Å². The van der Waals surface area contributed by atoms with Crippen LogP contribution in [0.25, 0.3) is 11.0 Å². The van der Waals surface area contributed by atoms with Gasteiger partial charge >= 0.3 is 0 Å². The molecule has 0 radical (unpaired) electrons. The Morgan fingerprint density at radius 2 is 2.24 bits per heavy atom. The number of nitrogens with zero attached hydrogens (tertiary/aromatic N) is 2. The summed E-state index contributed by atoms with van der Waals surface area (Å²) >= 11 is 0.